The fourth-order valence-electron chi connectivity index (χ4n) is 5.89. The fraction of sp³-hybridized carbons (Fsp3) is 0.250. The minimum absolute atomic E-state index is 0. The summed E-state index contributed by atoms with van der Waals surface area (Å²) in [7, 11) is 0. The maximum absolute atomic E-state index is 4.57. The van der Waals surface area contributed by atoms with Gasteiger partial charge < -0.3 is 24.0 Å². The number of hydrogen-bond acceptors (Lipinski definition) is 6. The molecule has 4 heterocycles. The van der Waals surface area contributed by atoms with Crippen LogP contribution in [0.25, 0.3) is 16.9 Å². The number of unbranched alkanes of at least 4 members (excludes halogenated alkanes) is 1. The zero-order valence-corrected chi connectivity index (χ0v) is 30.9. The summed E-state index contributed by atoms with van der Waals surface area (Å²) in [6.07, 6.45) is 14.5. The van der Waals surface area contributed by atoms with Gasteiger partial charge >= 0.3 is 0 Å². The number of rotatable bonds is 8. The molecule has 0 atom stereocenters. The Labute approximate surface area is 299 Å². The molecule has 2 aromatic heterocycles. The van der Waals surface area contributed by atoms with Crippen molar-refractivity contribution in [3.63, 3.8) is 0 Å². The van der Waals surface area contributed by atoms with E-state index in [0.717, 1.165) is 65.6 Å². The monoisotopic (exact) mass is 813 g/mol. The largest absolute Gasteiger partial charge is 0.508 e. The topological polar surface area (TPSA) is 43.2 Å². The predicted octanol–water partition coefficient (Wildman–Crippen LogP) is 8.24. The first kappa shape index (κ1) is 34.9. The first-order valence-electron chi connectivity index (χ1n) is 16.2. The van der Waals surface area contributed by atoms with Gasteiger partial charge in [0.15, 0.2) is 0 Å². The second kappa shape index (κ2) is 15.7. The molecule has 0 N–H and O–H groups in total. The van der Waals surface area contributed by atoms with E-state index in [9.17, 15) is 0 Å². The molecule has 2 aliphatic rings. The van der Waals surface area contributed by atoms with Crippen LogP contribution in [0, 0.1) is 73.1 Å². The van der Waals surface area contributed by atoms with Crippen LogP contribution in [0.1, 0.15) is 46.5 Å². The van der Waals surface area contributed by atoms with Gasteiger partial charge in [-0.05, 0) is 64.6 Å². The molecule has 8 heteroatoms. The first-order valence-corrected chi connectivity index (χ1v) is 16.2. The molecule has 3 aromatic carbocycles. The van der Waals surface area contributed by atoms with Crippen molar-refractivity contribution in [1.82, 2.24) is 24.2 Å². The van der Waals surface area contributed by atoms with Crippen LogP contribution >= 0.6 is 0 Å². The van der Waals surface area contributed by atoms with E-state index in [1.807, 2.05) is 37.4 Å². The molecule has 0 bridgehead atoms. The second-order valence-corrected chi connectivity index (χ2v) is 12.3. The Kier molecular flexibility index (Phi) is 11.4. The Balaban J connectivity index is 0.000000212. The Hall–Kier alpha value is -4.39. The summed E-state index contributed by atoms with van der Waals surface area (Å²) in [5.41, 5.74) is 12.0. The molecule has 251 valence electrons. The van der Waals surface area contributed by atoms with Crippen LogP contribution in [0.15, 0.2) is 85.7 Å². The van der Waals surface area contributed by atoms with Crippen molar-refractivity contribution in [3.05, 3.63) is 151 Å². The molecular weight excluding hydrogens is 771 g/mol. The number of anilines is 2. The van der Waals surface area contributed by atoms with Crippen LogP contribution < -0.4 is 9.80 Å². The summed E-state index contributed by atoms with van der Waals surface area (Å²) in [5.74, 6) is 0. The molecule has 7 rings (SSSR count). The smallest absolute Gasteiger partial charge is 0.120 e. The van der Waals surface area contributed by atoms with E-state index in [2.05, 4.69) is 149 Å². The maximum Gasteiger partial charge on any atom is 0.120 e. The summed E-state index contributed by atoms with van der Waals surface area (Å²) >= 11 is 0. The summed E-state index contributed by atoms with van der Waals surface area (Å²) in [4.78, 5) is 17.8. The predicted molar refractivity (Wildman–Crippen MR) is 191 cm³/mol. The van der Waals surface area contributed by atoms with Gasteiger partial charge in [-0.3, -0.25) is 4.98 Å². The van der Waals surface area contributed by atoms with Crippen LogP contribution in [0.4, 0.5) is 11.4 Å². The van der Waals surface area contributed by atoms with Crippen LogP contribution in [0.5, 0.6) is 0 Å². The molecule has 1 radical (unpaired) electrons. The van der Waals surface area contributed by atoms with Gasteiger partial charge in [0.1, 0.15) is 5.65 Å². The van der Waals surface area contributed by atoms with E-state index in [4.69, 9.17) is 0 Å². The molecule has 5 aromatic rings. The van der Waals surface area contributed by atoms with Crippen molar-refractivity contribution in [2.24, 2.45) is 0 Å². The number of fused-ring (bicyclic) bond motifs is 1. The van der Waals surface area contributed by atoms with E-state index in [1.165, 1.54) is 22.3 Å². The molecule has 2 aliphatic heterocycles. The Bertz CT molecular complexity index is 1780. The standard InChI is InChI=1S/C26H30N4.C14H12N3.Ir/c1-21-13-22(2)16-25(15-21)29-11-9-27(19-29)7-5-6-8-28-10-12-30(20-28)26-17-23(3)14-24(4)18-26;1-10-11(2)17-9-8-15-13(14(17)16-10)12-6-4-3-5-7-12;/h9-15,17,19-20H,5-8H2,1-4H3;3-6,8-9H,1-2H3;/q-4;-1;. The van der Waals surface area contributed by atoms with Gasteiger partial charge in [-0.2, -0.15) is 59.9 Å². The summed E-state index contributed by atoms with van der Waals surface area (Å²) in [6, 6.07) is 26.5. The van der Waals surface area contributed by atoms with Gasteiger partial charge in [-0.15, -0.1) is 59.4 Å². The number of benzene rings is 3. The average molecular weight is 813 g/mol. The van der Waals surface area contributed by atoms with Crippen LogP contribution in [0.2, 0.25) is 0 Å². The minimum atomic E-state index is 0. The summed E-state index contributed by atoms with van der Waals surface area (Å²) < 4.78 is 2.07. The van der Waals surface area contributed by atoms with E-state index in [1.54, 1.807) is 6.20 Å². The number of imidazole rings is 1. The molecule has 48 heavy (non-hydrogen) atoms. The third-order valence-electron chi connectivity index (χ3n) is 8.27. The molecule has 0 saturated heterocycles. The van der Waals surface area contributed by atoms with Crippen molar-refractivity contribution in [2.45, 2.75) is 54.4 Å². The zero-order valence-electron chi connectivity index (χ0n) is 28.5. The molecule has 0 fully saturated rings. The van der Waals surface area contributed by atoms with Crippen molar-refractivity contribution in [1.29, 1.82) is 0 Å². The maximum atomic E-state index is 4.57. The van der Waals surface area contributed by atoms with E-state index < -0.39 is 0 Å². The van der Waals surface area contributed by atoms with Crippen molar-refractivity contribution in [2.75, 3.05) is 22.9 Å². The SMILES string of the molecule is Cc1[c-]c(N2C=CN(CCCCN3C=CN(c4[c-]c(C)cc(C)c4)[CH-]3)[CH-]2)cc(C)c1.Cc1nc2c(-c3[c-]cccc3)nccn2c1C.[Ir]. The molecular formula is C40H42IrN7-5. The van der Waals surface area contributed by atoms with E-state index in [0.29, 0.717) is 0 Å². The van der Waals surface area contributed by atoms with Gasteiger partial charge in [-0.1, -0.05) is 27.7 Å². The first-order chi connectivity index (χ1) is 22.7. The van der Waals surface area contributed by atoms with Gasteiger partial charge in [0.25, 0.3) is 0 Å². The molecule has 0 spiro atoms. The zero-order chi connectivity index (χ0) is 32.9. The van der Waals surface area contributed by atoms with Gasteiger partial charge in [0.05, 0.1) is 5.69 Å². The van der Waals surface area contributed by atoms with E-state index >= 15 is 0 Å². The molecule has 7 nitrogen and oxygen atoms in total. The number of nitrogens with zero attached hydrogens (tertiary/aromatic N) is 7. The van der Waals surface area contributed by atoms with Crippen molar-refractivity contribution in [3.8, 4) is 11.3 Å². The number of aromatic nitrogens is 3. The van der Waals surface area contributed by atoms with Gasteiger partial charge in [0.2, 0.25) is 0 Å². The second-order valence-electron chi connectivity index (χ2n) is 12.3. The molecule has 0 aliphatic carbocycles. The van der Waals surface area contributed by atoms with Crippen LogP contribution in [-0.2, 0) is 20.1 Å². The normalized spacial score (nSPS) is 13.7. The average Bonchev–Trinajstić information content (AvgIpc) is 3.79. The third-order valence-corrected chi connectivity index (χ3v) is 8.27. The van der Waals surface area contributed by atoms with Gasteiger partial charge in [0, 0.05) is 43.9 Å². The number of aryl methyl sites for hydroxylation is 6. The summed E-state index contributed by atoms with van der Waals surface area (Å²) in [5, 5.41) is 0. The number of hydrogen-bond donors (Lipinski definition) is 0. The Morgan fingerprint density at radius 1 is 0.729 bits per heavy atom. The Morgan fingerprint density at radius 2 is 1.31 bits per heavy atom. The van der Waals surface area contributed by atoms with Crippen molar-refractivity contribution >= 4 is 17.0 Å². The Morgan fingerprint density at radius 3 is 1.83 bits per heavy atom. The third kappa shape index (κ3) is 8.36. The summed E-state index contributed by atoms with van der Waals surface area (Å²) in [6.45, 7) is 18.9. The molecule has 0 saturated carbocycles. The van der Waals surface area contributed by atoms with E-state index in [-0.39, 0.29) is 20.1 Å². The molecule has 0 unspecified atom stereocenters. The van der Waals surface area contributed by atoms with Crippen LogP contribution in [-0.4, -0.2) is 37.3 Å². The van der Waals surface area contributed by atoms with Crippen LogP contribution in [0.3, 0.4) is 0 Å². The minimum Gasteiger partial charge on any atom is -0.508 e. The van der Waals surface area contributed by atoms with Crippen molar-refractivity contribution < 1.29 is 20.1 Å². The van der Waals surface area contributed by atoms with Gasteiger partial charge in [-0.25, -0.2) is 4.98 Å². The molecule has 0 amide bonds. The quantitative estimate of drug-likeness (QED) is 0.116. The fourth-order valence-corrected chi connectivity index (χ4v) is 5.89.